The molecule has 1 aromatic rings. The number of allylic oxidation sites excluding steroid dienone is 5. The first-order valence-electron chi connectivity index (χ1n) is 15.7. The summed E-state index contributed by atoms with van der Waals surface area (Å²) < 4.78 is 37.5. The number of unbranched alkanes of at least 4 members (excludes halogenated alkanes) is 3. The van der Waals surface area contributed by atoms with Crippen molar-refractivity contribution in [1.82, 2.24) is 10.2 Å². The summed E-state index contributed by atoms with van der Waals surface area (Å²) in [5, 5.41) is 3.40. The van der Waals surface area contributed by atoms with E-state index in [4.69, 9.17) is 0 Å². The third-order valence-corrected chi connectivity index (χ3v) is 6.29. The van der Waals surface area contributed by atoms with Gasteiger partial charge in [-0.15, -0.1) is 0 Å². The van der Waals surface area contributed by atoms with Gasteiger partial charge >= 0.3 is 0 Å². The maximum absolute atomic E-state index is 12.5. The molecule has 0 bridgehead atoms. The van der Waals surface area contributed by atoms with Crippen molar-refractivity contribution in [3.8, 4) is 0 Å². The van der Waals surface area contributed by atoms with Crippen LogP contribution in [-0.4, -0.2) is 36.8 Å². The third kappa shape index (κ3) is 18.7. The molecule has 0 atom stereocenters. The van der Waals surface area contributed by atoms with Gasteiger partial charge in [0.2, 0.25) is 0 Å². The van der Waals surface area contributed by atoms with Crippen molar-refractivity contribution in [2.75, 3.05) is 26.2 Å². The van der Waals surface area contributed by atoms with E-state index in [1.54, 1.807) is 0 Å². The van der Waals surface area contributed by atoms with Gasteiger partial charge in [0.15, 0.2) is 17.5 Å². The fourth-order valence-electron chi connectivity index (χ4n) is 4.01. The highest BCUT2D eigenvalue weighted by Crippen LogP contribution is 2.20. The lowest BCUT2D eigenvalue weighted by molar-refractivity contribution is 0.298. The van der Waals surface area contributed by atoms with Gasteiger partial charge in [0, 0.05) is 49.4 Å². The predicted molar refractivity (Wildman–Crippen MR) is 175 cm³/mol. The molecule has 1 N–H and O–H groups in total. The number of piperazine rings is 1. The van der Waals surface area contributed by atoms with Gasteiger partial charge in [-0.05, 0) is 63.8 Å². The zero-order valence-electron chi connectivity index (χ0n) is 27.9. The summed E-state index contributed by atoms with van der Waals surface area (Å²) in [7, 11) is 0. The Kier molecular flexibility index (Phi) is 26.4. The molecule has 236 valence electrons. The van der Waals surface area contributed by atoms with Crippen LogP contribution in [0.4, 0.5) is 13.2 Å². The van der Waals surface area contributed by atoms with Gasteiger partial charge in [0.1, 0.15) is 0 Å². The second-order valence-electron chi connectivity index (χ2n) is 10.2. The van der Waals surface area contributed by atoms with E-state index in [0.717, 1.165) is 56.9 Å². The Morgan fingerprint density at radius 1 is 0.878 bits per heavy atom. The molecule has 1 heterocycles. The minimum Gasteiger partial charge on any atom is -0.372 e. The zero-order valence-corrected chi connectivity index (χ0v) is 27.9. The lowest BCUT2D eigenvalue weighted by Gasteiger charge is -2.32. The Hall–Kier alpha value is -2.34. The first-order chi connectivity index (χ1) is 19.6. The van der Waals surface area contributed by atoms with Crippen LogP contribution >= 0.6 is 0 Å². The molecule has 0 amide bonds. The summed E-state index contributed by atoms with van der Waals surface area (Å²) in [6.45, 7) is 25.6. The second kappa shape index (κ2) is 26.6. The Balaban J connectivity index is 0. The Bertz CT molecular complexity index is 900. The summed E-state index contributed by atoms with van der Waals surface area (Å²) in [5.41, 5.74) is 5.52. The number of hydrogen-bond acceptors (Lipinski definition) is 3. The van der Waals surface area contributed by atoms with E-state index in [1.165, 1.54) is 48.9 Å². The highest BCUT2D eigenvalue weighted by Gasteiger charge is 2.16. The van der Waals surface area contributed by atoms with Crippen molar-refractivity contribution in [2.45, 2.75) is 121 Å². The van der Waals surface area contributed by atoms with Crippen LogP contribution in [0.5, 0.6) is 0 Å². The summed E-state index contributed by atoms with van der Waals surface area (Å²) in [6.07, 6.45) is 15.3. The van der Waals surface area contributed by atoms with E-state index >= 15 is 0 Å². The molecular weight excluding hydrogens is 519 g/mol. The van der Waals surface area contributed by atoms with Gasteiger partial charge in [-0.2, -0.15) is 0 Å². The van der Waals surface area contributed by atoms with Crippen molar-refractivity contribution < 1.29 is 13.2 Å². The lowest BCUT2D eigenvalue weighted by atomic mass is 10.00. The number of halogens is 3. The van der Waals surface area contributed by atoms with Gasteiger partial charge in [0.25, 0.3) is 0 Å². The minimum atomic E-state index is -1.39. The Morgan fingerprint density at radius 2 is 1.39 bits per heavy atom. The van der Waals surface area contributed by atoms with Crippen LogP contribution in [0.25, 0.3) is 0 Å². The number of rotatable bonds is 10. The molecular formula is C35H60F3N3. The number of nitrogens with zero attached hydrogens (tertiary/aromatic N) is 2. The van der Waals surface area contributed by atoms with E-state index in [1.807, 2.05) is 13.1 Å². The van der Waals surface area contributed by atoms with Crippen LogP contribution in [0.1, 0.15) is 120 Å². The number of hydrogen-bond donors (Lipinski definition) is 1. The van der Waals surface area contributed by atoms with Crippen LogP contribution in [0.15, 0.2) is 52.3 Å². The average Bonchev–Trinajstić information content (AvgIpc) is 2.96. The van der Waals surface area contributed by atoms with E-state index < -0.39 is 17.5 Å². The maximum atomic E-state index is 12.5. The molecule has 1 aliphatic rings. The molecule has 0 aromatic heterocycles. The van der Waals surface area contributed by atoms with Crippen LogP contribution in [-0.2, 0) is 6.42 Å². The topological polar surface area (TPSA) is 27.6 Å². The smallest absolute Gasteiger partial charge is 0.194 e. The highest BCUT2D eigenvalue weighted by atomic mass is 19.2. The van der Waals surface area contributed by atoms with Crippen molar-refractivity contribution in [1.29, 1.82) is 0 Å². The SMILES string of the molecule is CCC.CCCCCC.CCCc1cc(F)c(F)c(F)c1.C\C=C(C)/C(C(/C)=N/C=C/CC)=C(/C)N1CCNCC1. The minimum absolute atomic E-state index is 0.494. The van der Waals surface area contributed by atoms with Crippen molar-refractivity contribution >= 4 is 5.71 Å². The standard InChI is InChI=1S/C17H29N3.C9H9F3.C6H14.C3H8/c1-6-8-9-19-15(4)17(14(3)7-2)16(5)20-12-10-18-11-13-20;1-2-3-6-4-7(10)9(12)8(11)5-6;1-3-5-6-4-2;1-3-2/h7-9,18H,6,10-13H2,1-5H3;4-5H,2-3H2,1H3;3-6H2,1-2H3;3H2,1-2H3/b9-8+,14-7-,17-16+,19-15+;;;. The summed E-state index contributed by atoms with van der Waals surface area (Å²) in [5.74, 6) is -3.62. The molecule has 6 heteroatoms. The van der Waals surface area contributed by atoms with Crippen molar-refractivity contribution in [3.05, 3.63) is 70.3 Å². The molecule has 1 saturated heterocycles. The van der Waals surface area contributed by atoms with Crippen LogP contribution in [0.2, 0.25) is 0 Å². The number of benzene rings is 1. The second-order valence-corrected chi connectivity index (χ2v) is 10.2. The van der Waals surface area contributed by atoms with Crippen LogP contribution in [0.3, 0.4) is 0 Å². The molecule has 0 spiro atoms. The number of aliphatic imine (C=N–C) groups is 1. The Labute approximate surface area is 251 Å². The average molecular weight is 580 g/mol. The van der Waals surface area contributed by atoms with E-state index in [0.29, 0.717) is 12.0 Å². The molecule has 1 aliphatic heterocycles. The molecule has 0 unspecified atom stereocenters. The van der Waals surface area contributed by atoms with E-state index in [-0.39, 0.29) is 0 Å². The largest absolute Gasteiger partial charge is 0.372 e. The third-order valence-electron chi connectivity index (χ3n) is 6.29. The maximum Gasteiger partial charge on any atom is 0.194 e. The molecule has 1 aromatic carbocycles. The molecule has 0 aliphatic carbocycles. The molecule has 2 rings (SSSR count). The van der Waals surface area contributed by atoms with Gasteiger partial charge in [-0.25, -0.2) is 13.2 Å². The molecule has 0 radical (unpaired) electrons. The molecule has 1 fully saturated rings. The molecule has 0 saturated carbocycles. The highest BCUT2D eigenvalue weighted by molar-refractivity contribution is 6.02. The normalized spacial score (nSPS) is 14.3. The van der Waals surface area contributed by atoms with Gasteiger partial charge in [0.05, 0.1) is 0 Å². The predicted octanol–water partition coefficient (Wildman–Crippen LogP) is 10.6. The van der Waals surface area contributed by atoms with Crippen LogP contribution < -0.4 is 5.32 Å². The fraction of sp³-hybridized carbons (Fsp3) is 0.629. The summed E-state index contributed by atoms with van der Waals surface area (Å²) in [6, 6.07) is 2.06. The van der Waals surface area contributed by atoms with Crippen LogP contribution in [0, 0.1) is 17.5 Å². The van der Waals surface area contributed by atoms with Crippen molar-refractivity contribution in [3.63, 3.8) is 0 Å². The monoisotopic (exact) mass is 579 g/mol. The first-order valence-corrected chi connectivity index (χ1v) is 15.7. The summed E-state index contributed by atoms with van der Waals surface area (Å²) in [4.78, 5) is 7.05. The van der Waals surface area contributed by atoms with Crippen molar-refractivity contribution in [2.24, 2.45) is 4.99 Å². The lowest BCUT2D eigenvalue weighted by Crippen LogP contribution is -2.43. The quantitative estimate of drug-likeness (QED) is 0.129. The fourth-order valence-corrected chi connectivity index (χ4v) is 4.01. The number of aryl methyl sites for hydroxylation is 1. The van der Waals surface area contributed by atoms with Gasteiger partial charge in [-0.3, -0.25) is 4.99 Å². The Morgan fingerprint density at radius 3 is 1.80 bits per heavy atom. The first kappa shape index (κ1) is 40.8. The number of nitrogens with one attached hydrogen (secondary N) is 1. The van der Waals surface area contributed by atoms with E-state index in [9.17, 15) is 13.2 Å². The molecule has 3 nitrogen and oxygen atoms in total. The van der Waals surface area contributed by atoms with Gasteiger partial charge in [-0.1, -0.05) is 92.2 Å². The molecule has 41 heavy (non-hydrogen) atoms. The summed E-state index contributed by atoms with van der Waals surface area (Å²) >= 11 is 0. The zero-order chi connectivity index (χ0) is 31.6. The van der Waals surface area contributed by atoms with Gasteiger partial charge < -0.3 is 10.2 Å². The van der Waals surface area contributed by atoms with E-state index in [2.05, 4.69) is 89.7 Å².